The van der Waals surface area contributed by atoms with Crippen LogP contribution in [-0.2, 0) is 28.3 Å². The number of methoxy groups -OCH3 is 2. The van der Waals surface area contributed by atoms with E-state index in [2.05, 4.69) is 9.97 Å². The second-order valence-electron chi connectivity index (χ2n) is 10.2. The number of sulfonamides is 1. The van der Waals surface area contributed by atoms with Crippen LogP contribution in [-0.4, -0.2) is 49.1 Å². The van der Waals surface area contributed by atoms with E-state index >= 15 is 0 Å². The van der Waals surface area contributed by atoms with E-state index in [4.69, 9.17) is 20.3 Å². The number of hydrogen-bond acceptors (Lipinski definition) is 7. The zero-order chi connectivity index (χ0) is 30.5. The number of aromatic nitrogens is 3. The zero-order valence-electron chi connectivity index (χ0n) is 24.1. The largest absolute Gasteiger partial charge is 0.481 e. The smallest absolute Gasteiger partial charge is 0.248 e. The van der Waals surface area contributed by atoms with Gasteiger partial charge in [-0.1, -0.05) is 24.3 Å². The number of nitrogens with zero attached hydrogens (tertiary/aromatic N) is 3. The van der Waals surface area contributed by atoms with Crippen molar-refractivity contribution in [3.05, 3.63) is 84.6 Å². The normalized spacial score (nSPS) is 12.3. The molecule has 5 N–H and O–H groups in total. The van der Waals surface area contributed by atoms with Crippen molar-refractivity contribution in [3.8, 4) is 11.8 Å². The molecule has 1 amide bonds. The molecule has 3 aromatic heterocycles. The first-order valence-electron chi connectivity index (χ1n) is 13.4. The van der Waals surface area contributed by atoms with E-state index in [-0.39, 0.29) is 35.5 Å². The molecular weight excluding hydrogens is 604 g/mol. The maximum Gasteiger partial charge on any atom is 0.248 e. The molecule has 0 saturated carbocycles. The molecular formula is C31H31ClN6O5S. The van der Waals surface area contributed by atoms with E-state index in [9.17, 15) is 13.2 Å². The fraction of sp³-hybridized carbons (Fsp3) is 0.161. The minimum atomic E-state index is -3.89. The topological polar surface area (TPSA) is 159 Å². The van der Waals surface area contributed by atoms with Crippen LogP contribution in [0.2, 0.25) is 0 Å². The molecule has 0 aliphatic rings. The number of nitrogens with one attached hydrogen (secondary N) is 1. The average Bonchev–Trinajstić information content (AvgIpc) is 3.54. The van der Waals surface area contributed by atoms with E-state index in [1.165, 1.54) is 25.2 Å². The van der Waals surface area contributed by atoms with Crippen molar-refractivity contribution < 1.29 is 22.7 Å². The second-order valence-corrected chi connectivity index (χ2v) is 11.8. The van der Waals surface area contributed by atoms with E-state index in [1.807, 2.05) is 54.2 Å². The first kappa shape index (κ1) is 30.8. The van der Waals surface area contributed by atoms with Crippen LogP contribution in [0.5, 0.6) is 11.8 Å². The molecule has 6 aromatic rings. The Morgan fingerprint density at radius 1 is 0.977 bits per heavy atom. The number of fused-ring (bicyclic) bond motifs is 4. The molecule has 0 aliphatic carbocycles. The Morgan fingerprint density at radius 2 is 1.75 bits per heavy atom. The number of para-hydroxylation sites is 1. The van der Waals surface area contributed by atoms with Gasteiger partial charge in [0.15, 0.2) is 0 Å². The summed E-state index contributed by atoms with van der Waals surface area (Å²) >= 11 is 0. The molecule has 0 fully saturated rings. The molecule has 13 heteroatoms. The third-order valence-corrected chi connectivity index (χ3v) is 8.57. The van der Waals surface area contributed by atoms with Crippen molar-refractivity contribution in [2.45, 2.75) is 17.4 Å². The van der Waals surface area contributed by atoms with Crippen LogP contribution in [0.25, 0.3) is 32.7 Å². The number of amides is 1. The van der Waals surface area contributed by atoms with E-state index in [1.54, 1.807) is 30.3 Å². The summed E-state index contributed by atoms with van der Waals surface area (Å²) in [6, 6.07) is 20.5. The number of hydrogen-bond donors (Lipinski definition) is 3. The third-order valence-electron chi connectivity index (χ3n) is 7.66. The Hall–Kier alpha value is -4.62. The fourth-order valence-electron chi connectivity index (χ4n) is 5.52. The molecule has 0 spiro atoms. The molecule has 1 unspecified atom stereocenters. The first-order valence-corrected chi connectivity index (χ1v) is 14.9. The molecule has 3 aromatic carbocycles. The lowest BCUT2D eigenvalue weighted by atomic mass is 10.0. The Kier molecular flexibility index (Phi) is 8.28. The van der Waals surface area contributed by atoms with Gasteiger partial charge in [-0.25, -0.2) is 13.6 Å². The number of primary sulfonamides is 1. The van der Waals surface area contributed by atoms with Crippen molar-refractivity contribution in [3.63, 3.8) is 0 Å². The predicted molar refractivity (Wildman–Crippen MR) is 174 cm³/mol. The monoisotopic (exact) mass is 634 g/mol. The number of anilines is 2. The molecule has 1 atom stereocenters. The maximum atomic E-state index is 14.3. The quantitative estimate of drug-likeness (QED) is 0.222. The number of ether oxygens (including phenoxy) is 2. The van der Waals surface area contributed by atoms with Crippen molar-refractivity contribution in [2.75, 3.05) is 19.1 Å². The highest BCUT2D eigenvalue weighted by atomic mass is 35.5. The van der Waals surface area contributed by atoms with Gasteiger partial charge >= 0.3 is 0 Å². The summed E-state index contributed by atoms with van der Waals surface area (Å²) in [4.78, 5) is 23.4. The van der Waals surface area contributed by atoms with Crippen LogP contribution in [0.4, 0.5) is 11.4 Å². The number of aromatic amines is 1. The van der Waals surface area contributed by atoms with Gasteiger partial charge in [-0.2, -0.15) is 4.98 Å². The van der Waals surface area contributed by atoms with Gasteiger partial charge in [-0.3, -0.25) is 9.69 Å². The number of benzene rings is 3. The molecule has 44 heavy (non-hydrogen) atoms. The number of carbonyl (C=O) groups is 1. The van der Waals surface area contributed by atoms with Crippen LogP contribution in [0.15, 0.2) is 83.9 Å². The van der Waals surface area contributed by atoms with E-state index in [0.717, 1.165) is 32.9 Å². The highest BCUT2D eigenvalue weighted by molar-refractivity contribution is 7.89. The van der Waals surface area contributed by atoms with Gasteiger partial charge < -0.3 is 24.8 Å². The fourth-order valence-corrected chi connectivity index (χ4v) is 6.06. The van der Waals surface area contributed by atoms with Gasteiger partial charge in [-0.15, -0.1) is 12.4 Å². The summed E-state index contributed by atoms with van der Waals surface area (Å²) in [7, 11) is 0.945. The Bertz CT molecular complexity index is 2140. The van der Waals surface area contributed by atoms with Gasteiger partial charge in [0.2, 0.25) is 27.7 Å². The summed E-state index contributed by atoms with van der Waals surface area (Å²) in [5.74, 6) is 0.137. The number of nitrogens with two attached hydrogens (primary N) is 2. The first-order chi connectivity index (χ1) is 20.6. The number of H-pyrrole nitrogens is 1. The highest BCUT2D eigenvalue weighted by Crippen LogP contribution is 2.38. The minimum absolute atomic E-state index is 0. The van der Waals surface area contributed by atoms with Crippen molar-refractivity contribution >= 4 is 72.4 Å². The van der Waals surface area contributed by atoms with E-state index in [0.29, 0.717) is 22.6 Å². The minimum Gasteiger partial charge on any atom is -0.481 e. The number of rotatable bonds is 8. The van der Waals surface area contributed by atoms with Crippen LogP contribution < -0.4 is 25.2 Å². The highest BCUT2D eigenvalue weighted by Gasteiger charge is 2.29. The summed E-state index contributed by atoms with van der Waals surface area (Å²) in [6.45, 7) is 0. The molecule has 0 radical (unpaired) electrons. The molecule has 0 saturated heterocycles. The third kappa shape index (κ3) is 5.33. The van der Waals surface area contributed by atoms with Crippen molar-refractivity contribution in [1.29, 1.82) is 0 Å². The van der Waals surface area contributed by atoms with Crippen molar-refractivity contribution in [1.82, 2.24) is 14.5 Å². The molecule has 0 aliphatic heterocycles. The Labute approximate surface area is 259 Å². The lowest BCUT2D eigenvalue weighted by molar-refractivity contribution is -0.119. The van der Waals surface area contributed by atoms with Crippen LogP contribution in [0.1, 0.15) is 5.56 Å². The molecule has 11 nitrogen and oxygen atoms in total. The maximum absolute atomic E-state index is 14.3. The van der Waals surface area contributed by atoms with Gasteiger partial charge in [-0.05, 0) is 54.4 Å². The van der Waals surface area contributed by atoms with Gasteiger partial charge in [0.25, 0.3) is 0 Å². The standard InChI is InChI=1S/C31H30N6O5S.ClH/c1-36-26-11-9-20(43(33,39)40)16-23(26)22-10-8-19(15-28(22)36)37(27-12-13-29(41-2)35-30(27)42-3)31(38)24(32)14-18-17-34-25-7-5-4-6-21(18)25;/h4-13,15-17,24,34H,14,32H2,1-3H3,(H2,33,39,40);1H. The van der Waals surface area contributed by atoms with Crippen molar-refractivity contribution in [2.24, 2.45) is 17.9 Å². The average molecular weight is 635 g/mol. The molecule has 6 rings (SSSR count). The zero-order valence-corrected chi connectivity index (χ0v) is 25.8. The second kappa shape index (κ2) is 11.8. The predicted octanol–water partition coefficient (Wildman–Crippen LogP) is 4.53. The SMILES string of the molecule is COc1ccc(N(C(=O)C(N)Cc2c[nH]c3ccccc23)c2ccc3c4cc(S(N)(=O)=O)ccc4n(C)c3c2)c(OC)n1.Cl. The molecule has 0 bridgehead atoms. The lowest BCUT2D eigenvalue weighted by Gasteiger charge is -2.27. The lowest BCUT2D eigenvalue weighted by Crippen LogP contribution is -2.43. The number of aryl methyl sites for hydroxylation is 1. The summed E-state index contributed by atoms with van der Waals surface area (Å²) in [5.41, 5.74) is 11.0. The van der Waals surface area contributed by atoms with Crippen LogP contribution in [0.3, 0.4) is 0 Å². The van der Waals surface area contributed by atoms with Gasteiger partial charge in [0.1, 0.15) is 5.69 Å². The molecule has 228 valence electrons. The van der Waals surface area contributed by atoms with Gasteiger partial charge in [0, 0.05) is 46.5 Å². The number of halogens is 1. The summed E-state index contributed by atoms with van der Waals surface area (Å²) < 4.78 is 36.9. The van der Waals surface area contributed by atoms with E-state index < -0.39 is 16.1 Å². The number of pyridine rings is 1. The number of carbonyl (C=O) groups excluding carboxylic acids is 1. The summed E-state index contributed by atoms with van der Waals surface area (Å²) in [5, 5.41) is 7.90. The van der Waals surface area contributed by atoms with Crippen LogP contribution in [0, 0.1) is 0 Å². The Balaban J connectivity index is 0.00000384. The van der Waals surface area contributed by atoms with Crippen LogP contribution >= 0.6 is 12.4 Å². The summed E-state index contributed by atoms with van der Waals surface area (Å²) in [6.07, 6.45) is 2.16. The van der Waals surface area contributed by atoms with Gasteiger partial charge in [0.05, 0.1) is 36.4 Å². The Morgan fingerprint density at radius 3 is 2.48 bits per heavy atom. The molecule has 3 heterocycles.